The van der Waals surface area contributed by atoms with Crippen molar-refractivity contribution in [2.75, 3.05) is 37.0 Å². The van der Waals surface area contributed by atoms with Crippen molar-refractivity contribution in [2.24, 2.45) is 5.92 Å². The van der Waals surface area contributed by atoms with Crippen LogP contribution in [-0.2, 0) is 4.79 Å². The van der Waals surface area contributed by atoms with E-state index >= 15 is 0 Å². The molecule has 1 aromatic carbocycles. The molecule has 3 rings (SSSR count). The molecule has 6 heteroatoms. The molecule has 1 amide bonds. The number of hydrogen-bond acceptors (Lipinski definition) is 4. The first-order chi connectivity index (χ1) is 12.1. The van der Waals surface area contributed by atoms with Crippen LogP contribution in [0.25, 0.3) is 0 Å². The lowest BCUT2D eigenvalue weighted by atomic mass is 9.95. The average molecular weight is 360 g/mol. The number of para-hydroxylation sites is 2. The number of amides is 1. The van der Waals surface area contributed by atoms with E-state index in [0.717, 1.165) is 37.4 Å². The van der Waals surface area contributed by atoms with E-state index in [1.165, 1.54) is 0 Å². The lowest BCUT2D eigenvalue weighted by molar-refractivity contribution is -0.122. The topological polar surface area (TPSA) is 45.7 Å². The summed E-state index contributed by atoms with van der Waals surface area (Å²) in [6.07, 6.45) is 3.27. The van der Waals surface area contributed by atoms with Gasteiger partial charge >= 0.3 is 0 Å². The highest BCUT2D eigenvalue weighted by atomic mass is 35.5. The van der Waals surface area contributed by atoms with E-state index in [4.69, 9.17) is 16.3 Å². The van der Waals surface area contributed by atoms with Gasteiger partial charge in [0, 0.05) is 32.3 Å². The third-order valence-corrected chi connectivity index (χ3v) is 4.88. The minimum absolute atomic E-state index is 0.0125. The number of benzene rings is 1. The van der Waals surface area contributed by atoms with Crippen molar-refractivity contribution < 1.29 is 9.53 Å². The monoisotopic (exact) mass is 359 g/mol. The number of pyridine rings is 1. The highest BCUT2D eigenvalue weighted by Crippen LogP contribution is 2.30. The van der Waals surface area contributed by atoms with Gasteiger partial charge in [0.1, 0.15) is 11.6 Å². The largest absolute Gasteiger partial charge is 0.495 e. The second-order valence-corrected chi connectivity index (χ2v) is 6.60. The molecule has 132 valence electrons. The Hall–Kier alpha value is -2.27. The lowest BCUT2D eigenvalue weighted by Gasteiger charge is -2.34. The van der Waals surface area contributed by atoms with Gasteiger partial charge in [0.15, 0.2) is 0 Å². The molecule has 5 nitrogen and oxygen atoms in total. The van der Waals surface area contributed by atoms with E-state index in [9.17, 15) is 4.79 Å². The zero-order valence-corrected chi connectivity index (χ0v) is 15.2. The fraction of sp³-hybridized carbons (Fsp3) is 0.368. The Kier molecular flexibility index (Phi) is 5.43. The first kappa shape index (κ1) is 17.5. The molecule has 0 atom stereocenters. The number of methoxy groups -OCH3 is 1. The molecule has 25 heavy (non-hydrogen) atoms. The summed E-state index contributed by atoms with van der Waals surface area (Å²) in [5.41, 5.74) is 0.803. The third-order valence-electron chi connectivity index (χ3n) is 4.66. The fourth-order valence-corrected chi connectivity index (χ4v) is 3.32. The minimum atomic E-state index is 0.0125. The Balaban J connectivity index is 1.64. The zero-order chi connectivity index (χ0) is 17.8. The van der Waals surface area contributed by atoms with Gasteiger partial charge in [-0.05, 0) is 37.1 Å². The third kappa shape index (κ3) is 3.87. The maximum absolute atomic E-state index is 12.9. The van der Waals surface area contributed by atoms with Crippen molar-refractivity contribution in [3.63, 3.8) is 0 Å². The van der Waals surface area contributed by atoms with Crippen LogP contribution < -0.4 is 14.5 Å². The van der Waals surface area contributed by atoms with E-state index in [1.54, 1.807) is 18.2 Å². The first-order valence-electron chi connectivity index (χ1n) is 8.37. The van der Waals surface area contributed by atoms with Crippen LogP contribution in [-0.4, -0.2) is 38.1 Å². The summed E-state index contributed by atoms with van der Waals surface area (Å²) in [7, 11) is 3.43. The van der Waals surface area contributed by atoms with E-state index < -0.39 is 0 Å². The summed E-state index contributed by atoms with van der Waals surface area (Å²) in [5.74, 6) is 1.77. The Labute approximate surface area is 153 Å². The number of carbonyl (C=O) groups excluding carboxylic acids is 1. The molecule has 2 aromatic rings. The number of nitrogens with zero attached hydrogens (tertiary/aromatic N) is 3. The summed E-state index contributed by atoms with van der Waals surface area (Å²) >= 11 is 5.89. The predicted octanol–water partition coefficient (Wildman–Crippen LogP) is 3.62. The molecule has 0 N–H and O–H groups in total. The van der Waals surface area contributed by atoms with Crippen LogP contribution in [0, 0.1) is 5.92 Å². The average Bonchev–Trinajstić information content (AvgIpc) is 2.67. The summed E-state index contributed by atoms with van der Waals surface area (Å²) in [4.78, 5) is 21.1. The van der Waals surface area contributed by atoms with Crippen molar-refractivity contribution >= 4 is 29.0 Å². The van der Waals surface area contributed by atoms with E-state index in [1.807, 2.05) is 43.4 Å². The molecule has 1 aliphatic rings. The van der Waals surface area contributed by atoms with Crippen LogP contribution in [0.5, 0.6) is 5.75 Å². The van der Waals surface area contributed by atoms with E-state index in [-0.39, 0.29) is 11.8 Å². The van der Waals surface area contributed by atoms with E-state index in [0.29, 0.717) is 10.8 Å². The standard InChI is InChI=1S/C19H22ClN3O2/c1-22(16-5-3-4-6-17(16)25-2)19(24)14-9-11-23(12-10-14)18-8-7-15(20)13-21-18/h3-8,13-14H,9-12H2,1-2H3. The van der Waals surface area contributed by atoms with Gasteiger partial charge in [0.05, 0.1) is 17.8 Å². The maximum atomic E-state index is 12.9. The number of anilines is 2. The van der Waals surface area contributed by atoms with Crippen LogP contribution >= 0.6 is 11.6 Å². The molecule has 1 fully saturated rings. The Morgan fingerprint density at radius 1 is 1.24 bits per heavy atom. The van der Waals surface area contributed by atoms with Crippen molar-refractivity contribution in [3.05, 3.63) is 47.6 Å². The number of carbonyl (C=O) groups is 1. The Morgan fingerprint density at radius 3 is 2.60 bits per heavy atom. The summed E-state index contributed by atoms with van der Waals surface area (Å²) in [5, 5.41) is 0.632. The Morgan fingerprint density at radius 2 is 1.96 bits per heavy atom. The van der Waals surface area contributed by atoms with Gasteiger partial charge in [-0.1, -0.05) is 23.7 Å². The summed E-state index contributed by atoms with van der Waals surface area (Å²) in [6, 6.07) is 11.4. The normalized spacial score (nSPS) is 15.1. The highest BCUT2D eigenvalue weighted by molar-refractivity contribution is 6.30. The van der Waals surface area contributed by atoms with Gasteiger partial charge in [0.25, 0.3) is 0 Å². The molecule has 0 bridgehead atoms. The summed E-state index contributed by atoms with van der Waals surface area (Å²) in [6.45, 7) is 1.62. The molecular weight excluding hydrogens is 338 g/mol. The molecule has 0 saturated carbocycles. The lowest BCUT2D eigenvalue weighted by Crippen LogP contribution is -2.41. The van der Waals surface area contributed by atoms with Crippen LogP contribution in [0.3, 0.4) is 0 Å². The zero-order valence-electron chi connectivity index (χ0n) is 14.5. The van der Waals surface area contributed by atoms with Crippen molar-refractivity contribution in [3.8, 4) is 5.75 Å². The quantitative estimate of drug-likeness (QED) is 0.836. The van der Waals surface area contributed by atoms with Gasteiger partial charge in [0.2, 0.25) is 5.91 Å². The molecule has 0 aliphatic carbocycles. The number of aromatic nitrogens is 1. The minimum Gasteiger partial charge on any atom is -0.495 e. The fourth-order valence-electron chi connectivity index (χ4n) is 3.21. The van der Waals surface area contributed by atoms with Gasteiger partial charge in [-0.3, -0.25) is 4.79 Å². The second kappa shape index (κ2) is 7.74. The summed E-state index contributed by atoms with van der Waals surface area (Å²) < 4.78 is 5.37. The number of hydrogen-bond donors (Lipinski definition) is 0. The molecule has 0 unspecified atom stereocenters. The molecule has 1 saturated heterocycles. The maximum Gasteiger partial charge on any atom is 0.230 e. The predicted molar refractivity (Wildman–Crippen MR) is 101 cm³/mol. The smallest absolute Gasteiger partial charge is 0.230 e. The van der Waals surface area contributed by atoms with Crippen molar-refractivity contribution in [2.45, 2.75) is 12.8 Å². The number of rotatable bonds is 4. The van der Waals surface area contributed by atoms with Gasteiger partial charge < -0.3 is 14.5 Å². The Bertz CT molecular complexity index is 728. The second-order valence-electron chi connectivity index (χ2n) is 6.17. The van der Waals surface area contributed by atoms with Gasteiger partial charge in [-0.25, -0.2) is 4.98 Å². The number of piperidine rings is 1. The van der Waals surface area contributed by atoms with E-state index in [2.05, 4.69) is 9.88 Å². The molecule has 2 heterocycles. The van der Waals surface area contributed by atoms with Gasteiger partial charge in [-0.2, -0.15) is 0 Å². The van der Waals surface area contributed by atoms with Crippen LogP contribution in [0.4, 0.5) is 11.5 Å². The number of ether oxygens (including phenoxy) is 1. The first-order valence-corrected chi connectivity index (χ1v) is 8.75. The molecular formula is C19H22ClN3O2. The van der Waals surface area contributed by atoms with Gasteiger partial charge in [-0.15, -0.1) is 0 Å². The SMILES string of the molecule is COc1ccccc1N(C)C(=O)C1CCN(c2ccc(Cl)cn2)CC1. The van der Waals surface area contributed by atoms with Crippen molar-refractivity contribution in [1.29, 1.82) is 0 Å². The molecule has 0 spiro atoms. The highest BCUT2D eigenvalue weighted by Gasteiger charge is 2.29. The molecule has 1 aliphatic heterocycles. The molecule has 1 aromatic heterocycles. The van der Waals surface area contributed by atoms with Crippen molar-refractivity contribution in [1.82, 2.24) is 4.98 Å². The van der Waals surface area contributed by atoms with Crippen LogP contribution in [0.1, 0.15) is 12.8 Å². The molecule has 0 radical (unpaired) electrons. The van der Waals surface area contributed by atoms with Crippen LogP contribution in [0.15, 0.2) is 42.6 Å². The van der Waals surface area contributed by atoms with Crippen LogP contribution in [0.2, 0.25) is 5.02 Å². The number of halogens is 1.